The number of rotatable bonds is 8. The number of likely N-dealkylation sites (N-methyl/N-ethyl adjacent to an activating group) is 1. The van der Waals surface area contributed by atoms with E-state index in [9.17, 15) is 17.6 Å². The molecule has 2 aliphatic rings. The average molecular weight is 487 g/mol. The Bertz CT molecular complexity index is 992. The number of nitrogens with zero attached hydrogens (tertiary/aromatic N) is 2. The number of fused-ring (bicyclic) bond motifs is 1. The van der Waals surface area contributed by atoms with Gasteiger partial charge in [-0.2, -0.15) is 8.70 Å². The number of carbonyl (C=O) groups is 1. The molecule has 10 heteroatoms. The topological polar surface area (TPSA) is 87.1 Å². The summed E-state index contributed by atoms with van der Waals surface area (Å²) in [5.41, 5.74) is 0.632. The summed E-state index contributed by atoms with van der Waals surface area (Å²) in [6.45, 7) is 4.89. The van der Waals surface area contributed by atoms with Crippen LogP contribution in [0.25, 0.3) is 0 Å². The van der Waals surface area contributed by atoms with E-state index in [1.807, 2.05) is 6.26 Å². The first-order valence-corrected chi connectivity index (χ1v) is 13.5. The van der Waals surface area contributed by atoms with E-state index in [-0.39, 0.29) is 22.7 Å². The molecule has 1 aliphatic heterocycles. The van der Waals surface area contributed by atoms with Gasteiger partial charge in [0.2, 0.25) is 15.9 Å². The normalized spacial score (nSPS) is 25.6. The molecule has 1 N–H and O–H groups in total. The predicted octanol–water partition coefficient (Wildman–Crippen LogP) is 4.48. The number of halogens is 1. The number of hydrogen-bond acceptors (Lipinski definition) is 6. The minimum Gasteiger partial charge on any atom is -0.476 e. The van der Waals surface area contributed by atoms with E-state index < -0.39 is 21.8 Å². The number of ether oxygens (including phenoxy) is 1. The number of unbranched alkanes of at least 4 members (excludes halogenated alkanes) is 1. The molecule has 1 aliphatic carbocycles. The number of carboxylic acids is 1. The fourth-order valence-electron chi connectivity index (χ4n) is 4.34. The Morgan fingerprint density at radius 2 is 2.06 bits per heavy atom. The zero-order chi connectivity index (χ0) is 23.6. The third-order valence-electron chi connectivity index (χ3n) is 6.31. The molecule has 7 nitrogen and oxygen atoms in total. The maximum absolute atomic E-state index is 13.6. The molecule has 0 spiro atoms. The fraction of sp³-hybridized carbons (Fsp3) is 0.591. The summed E-state index contributed by atoms with van der Waals surface area (Å²) < 4.78 is 47.4. The number of thioether (sulfide) groups is 1. The van der Waals surface area contributed by atoms with Crippen LogP contribution in [0.1, 0.15) is 46.0 Å². The van der Waals surface area contributed by atoms with Gasteiger partial charge in [0.15, 0.2) is 0 Å². The second-order valence-electron chi connectivity index (χ2n) is 8.56. The van der Waals surface area contributed by atoms with E-state index in [0.29, 0.717) is 29.3 Å². The van der Waals surface area contributed by atoms with Gasteiger partial charge in [0.25, 0.3) is 0 Å². The Labute approximate surface area is 193 Å². The number of benzene rings is 1. The van der Waals surface area contributed by atoms with Crippen molar-refractivity contribution < 1.29 is 27.4 Å². The summed E-state index contributed by atoms with van der Waals surface area (Å²) >= 11 is 1.33. The van der Waals surface area contributed by atoms with Gasteiger partial charge in [-0.15, -0.1) is 11.8 Å². The summed E-state index contributed by atoms with van der Waals surface area (Å²) in [7, 11) is -2.22. The Morgan fingerprint density at radius 3 is 2.62 bits per heavy atom. The zero-order valence-corrected chi connectivity index (χ0v) is 20.5. The molecule has 1 saturated carbocycles. The number of carboxylic acid groups (broad SMARTS) is 1. The summed E-state index contributed by atoms with van der Waals surface area (Å²) in [5.74, 6) is -2.50. The third kappa shape index (κ3) is 4.92. The molecular weight excluding hydrogens is 455 g/mol. The lowest BCUT2D eigenvalue weighted by atomic mass is 9.80. The average Bonchev–Trinajstić information content (AvgIpc) is 2.81. The van der Waals surface area contributed by atoms with Gasteiger partial charge in [0.1, 0.15) is 16.9 Å². The van der Waals surface area contributed by atoms with Crippen LogP contribution in [0.3, 0.4) is 0 Å². The molecule has 0 aromatic heterocycles. The summed E-state index contributed by atoms with van der Waals surface area (Å²) in [6.07, 6.45) is 6.99. The smallest absolute Gasteiger partial charge is 0.368 e. The molecule has 0 unspecified atom stereocenters. The number of sulfonamides is 1. The van der Waals surface area contributed by atoms with Crippen LogP contribution in [-0.4, -0.2) is 55.7 Å². The van der Waals surface area contributed by atoms with E-state index >= 15 is 0 Å². The van der Waals surface area contributed by atoms with Crippen molar-refractivity contribution in [1.29, 1.82) is 0 Å². The molecular formula is C22H31FN2O5S2. The van der Waals surface area contributed by atoms with Gasteiger partial charge >= 0.3 is 5.97 Å². The lowest BCUT2D eigenvalue weighted by Gasteiger charge is -2.44. The van der Waals surface area contributed by atoms with Crippen LogP contribution in [0.5, 0.6) is 5.75 Å². The van der Waals surface area contributed by atoms with Crippen molar-refractivity contribution in [2.75, 3.05) is 24.7 Å². The van der Waals surface area contributed by atoms with Crippen LogP contribution in [0.2, 0.25) is 0 Å². The molecule has 0 amide bonds. The summed E-state index contributed by atoms with van der Waals surface area (Å²) in [4.78, 5) is 13.7. The number of anilines is 1. The van der Waals surface area contributed by atoms with Crippen molar-refractivity contribution in [2.45, 2.75) is 67.8 Å². The second-order valence-corrected chi connectivity index (χ2v) is 11.4. The molecule has 1 fully saturated rings. The lowest BCUT2D eigenvalue weighted by molar-refractivity contribution is -0.134. The molecule has 1 aromatic rings. The molecule has 3 rings (SSSR count). The third-order valence-corrected chi connectivity index (χ3v) is 9.01. The molecule has 1 heterocycles. The van der Waals surface area contributed by atoms with E-state index in [4.69, 9.17) is 9.84 Å². The highest BCUT2D eigenvalue weighted by molar-refractivity contribution is 7.98. The molecule has 1 aromatic carbocycles. The first-order chi connectivity index (χ1) is 15.1. The maximum Gasteiger partial charge on any atom is 0.368 e. The summed E-state index contributed by atoms with van der Waals surface area (Å²) in [6, 6.07) is 3.28. The standard InChI is InChI=1S/C22H31FN2O5S2/c1-5-6-7-15-12-25(16-8-14(2)9-16)18-10-20(31-4)19(30-13-17(23)22(26)27)11-21(18)32(28,29)24(15)3/h10-11,13-16H,5-9,12H2,1-4H3,(H,26,27)/b17-13-/t14?,15-,16?/m1/s1. The fourth-order valence-corrected chi connectivity index (χ4v) is 6.45. The van der Waals surface area contributed by atoms with Crippen molar-refractivity contribution in [3.8, 4) is 5.75 Å². The molecule has 178 valence electrons. The number of hydrogen-bond donors (Lipinski definition) is 1. The Hall–Kier alpha value is -1.78. The van der Waals surface area contributed by atoms with Crippen molar-refractivity contribution in [3.05, 3.63) is 24.2 Å². The van der Waals surface area contributed by atoms with E-state index in [2.05, 4.69) is 18.7 Å². The van der Waals surface area contributed by atoms with E-state index in [1.165, 1.54) is 22.1 Å². The largest absolute Gasteiger partial charge is 0.476 e. The van der Waals surface area contributed by atoms with Crippen molar-refractivity contribution in [1.82, 2.24) is 4.31 Å². The first-order valence-electron chi connectivity index (χ1n) is 10.8. The van der Waals surface area contributed by atoms with Gasteiger partial charge in [-0.05, 0) is 37.5 Å². The van der Waals surface area contributed by atoms with Gasteiger partial charge < -0.3 is 14.7 Å². The van der Waals surface area contributed by atoms with Crippen LogP contribution in [0, 0.1) is 5.92 Å². The minimum atomic E-state index is -3.83. The molecule has 32 heavy (non-hydrogen) atoms. The van der Waals surface area contributed by atoms with Crippen LogP contribution in [0.15, 0.2) is 34.0 Å². The van der Waals surface area contributed by atoms with E-state index in [1.54, 1.807) is 13.1 Å². The lowest BCUT2D eigenvalue weighted by Crippen LogP contribution is -2.49. The van der Waals surface area contributed by atoms with Gasteiger partial charge in [0.05, 0.1) is 10.6 Å². The molecule has 0 radical (unpaired) electrons. The van der Waals surface area contributed by atoms with Crippen LogP contribution in [-0.2, 0) is 14.8 Å². The zero-order valence-electron chi connectivity index (χ0n) is 18.9. The van der Waals surface area contributed by atoms with Crippen LogP contribution in [0.4, 0.5) is 10.1 Å². The van der Waals surface area contributed by atoms with Gasteiger partial charge in [-0.1, -0.05) is 26.7 Å². The Morgan fingerprint density at radius 1 is 1.38 bits per heavy atom. The Balaban J connectivity index is 2.12. The predicted molar refractivity (Wildman–Crippen MR) is 123 cm³/mol. The second kappa shape index (κ2) is 10.0. The minimum absolute atomic E-state index is 0.107. The van der Waals surface area contributed by atoms with Gasteiger partial charge in [-0.3, -0.25) is 0 Å². The highest BCUT2D eigenvalue weighted by Gasteiger charge is 2.41. The highest BCUT2D eigenvalue weighted by atomic mass is 32.2. The summed E-state index contributed by atoms with van der Waals surface area (Å²) in [5, 5.41) is 8.75. The number of aliphatic carboxylic acids is 1. The molecule has 0 saturated heterocycles. The molecule has 1 atom stereocenters. The van der Waals surface area contributed by atoms with Crippen molar-refractivity contribution >= 4 is 33.4 Å². The SMILES string of the molecule is CCCC[C@@H]1CN(C2CC(C)C2)c2cc(SC)c(O/C=C(\F)C(=O)O)cc2S(=O)(=O)N1C. The molecule has 0 bridgehead atoms. The van der Waals surface area contributed by atoms with Crippen molar-refractivity contribution in [3.63, 3.8) is 0 Å². The van der Waals surface area contributed by atoms with Crippen molar-refractivity contribution in [2.24, 2.45) is 5.92 Å². The Kier molecular flexibility index (Phi) is 7.77. The van der Waals surface area contributed by atoms with E-state index in [0.717, 1.165) is 32.1 Å². The maximum atomic E-state index is 13.6. The first kappa shape index (κ1) is 24.9. The van der Waals surface area contributed by atoms with Gasteiger partial charge in [-0.25, -0.2) is 13.2 Å². The van der Waals surface area contributed by atoms with Crippen LogP contribution >= 0.6 is 11.8 Å². The van der Waals surface area contributed by atoms with Gasteiger partial charge in [0, 0.05) is 31.7 Å². The van der Waals surface area contributed by atoms with Crippen LogP contribution < -0.4 is 9.64 Å². The monoisotopic (exact) mass is 486 g/mol. The quantitative estimate of drug-likeness (QED) is 0.329. The highest BCUT2D eigenvalue weighted by Crippen LogP contribution is 2.44.